The summed E-state index contributed by atoms with van der Waals surface area (Å²) in [4.78, 5) is 9.60. The number of nitrogens with one attached hydrogen (secondary N) is 1. The normalized spacial score (nSPS) is 9.77. The lowest BCUT2D eigenvalue weighted by Gasteiger charge is -2.10. The second kappa shape index (κ2) is 9.52. The Hall–Kier alpha value is -0.570. The molecule has 0 aromatic carbocycles. The largest absolute Gasteiger partial charge is 0.481 e. The van der Waals surface area contributed by atoms with E-state index >= 15 is 0 Å². The Morgan fingerprint density at radius 2 is 1.62 bits per heavy atom. The molecule has 0 bridgehead atoms. The summed E-state index contributed by atoms with van der Waals surface area (Å²) in [6.07, 6.45) is 1.02. The van der Waals surface area contributed by atoms with Gasteiger partial charge in [0.2, 0.25) is 0 Å². The van der Waals surface area contributed by atoms with E-state index in [2.05, 4.69) is 33.0 Å². The van der Waals surface area contributed by atoms with Crippen LogP contribution in [0, 0.1) is 0 Å². The summed E-state index contributed by atoms with van der Waals surface area (Å²) in [5.41, 5.74) is 0. The van der Waals surface area contributed by atoms with E-state index in [4.69, 9.17) is 5.11 Å². The van der Waals surface area contributed by atoms with Crippen molar-refractivity contribution < 1.29 is 9.90 Å². The topological polar surface area (TPSA) is 49.3 Å². The maximum absolute atomic E-state index is 9.60. The van der Waals surface area contributed by atoms with Crippen molar-refractivity contribution in [2.24, 2.45) is 0 Å². The van der Waals surface area contributed by atoms with Crippen LogP contribution in [0.1, 0.15) is 47.5 Å². The van der Waals surface area contributed by atoms with Gasteiger partial charge in [-0.05, 0) is 6.42 Å². The van der Waals surface area contributed by atoms with Crippen LogP contribution in [-0.2, 0) is 4.79 Å². The number of carbonyl (C=O) groups is 1. The van der Waals surface area contributed by atoms with E-state index in [1.807, 2.05) is 6.92 Å². The Balaban J connectivity index is 0. The summed E-state index contributed by atoms with van der Waals surface area (Å²) in [6.45, 7) is 10.5. The highest BCUT2D eigenvalue weighted by Gasteiger charge is 1.92. The molecule has 0 aromatic heterocycles. The zero-order chi connectivity index (χ0) is 10.9. The van der Waals surface area contributed by atoms with E-state index in [1.165, 1.54) is 0 Å². The summed E-state index contributed by atoms with van der Waals surface area (Å²) < 4.78 is 0. The highest BCUT2D eigenvalue weighted by atomic mass is 16.4. The lowest BCUT2D eigenvalue weighted by Crippen LogP contribution is -2.29. The minimum atomic E-state index is -0.711. The molecule has 0 aliphatic carbocycles. The summed E-state index contributed by atoms with van der Waals surface area (Å²) in [5.74, 6) is -0.711. The van der Waals surface area contributed by atoms with E-state index in [9.17, 15) is 4.79 Å². The molecule has 0 atom stereocenters. The first kappa shape index (κ1) is 14.9. The third kappa shape index (κ3) is 24.6. The average Bonchev–Trinajstić information content (AvgIpc) is 1.83. The monoisotopic (exact) mass is 189 g/mol. The molecule has 80 valence electrons. The van der Waals surface area contributed by atoms with E-state index < -0.39 is 5.97 Å². The molecule has 0 aliphatic heterocycles. The minimum Gasteiger partial charge on any atom is -0.481 e. The van der Waals surface area contributed by atoms with Crippen LogP contribution in [0.25, 0.3) is 0 Å². The van der Waals surface area contributed by atoms with Gasteiger partial charge in [-0.2, -0.15) is 0 Å². The highest BCUT2D eigenvalue weighted by Crippen LogP contribution is 1.82. The van der Waals surface area contributed by atoms with Crippen molar-refractivity contribution >= 4 is 5.97 Å². The first-order valence-corrected chi connectivity index (χ1v) is 4.88. The van der Waals surface area contributed by atoms with Crippen LogP contribution in [-0.4, -0.2) is 23.2 Å². The van der Waals surface area contributed by atoms with Gasteiger partial charge >= 0.3 is 5.97 Å². The Bertz CT molecular complexity index is 116. The quantitative estimate of drug-likeness (QED) is 0.713. The molecule has 3 nitrogen and oxygen atoms in total. The van der Waals surface area contributed by atoms with Crippen molar-refractivity contribution in [1.29, 1.82) is 0 Å². The molecule has 0 aromatic rings. The van der Waals surface area contributed by atoms with Crippen LogP contribution in [0.15, 0.2) is 0 Å². The molecule has 3 heteroatoms. The molecule has 0 rings (SSSR count). The number of carboxylic acids is 1. The van der Waals surface area contributed by atoms with Gasteiger partial charge in [-0.15, -0.1) is 0 Å². The Labute approximate surface area is 81.5 Å². The van der Waals surface area contributed by atoms with E-state index in [1.54, 1.807) is 0 Å². The maximum Gasteiger partial charge on any atom is 0.303 e. The van der Waals surface area contributed by atoms with Crippen LogP contribution in [0.2, 0.25) is 0 Å². The smallest absolute Gasteiger partial charge is 0.303 e. The second-order valence-corrected chi connectivity index (χ2v) is 3.62. The molecule has 0 fully saturated rings. The SMILES string of the molecule is CC(C)NC(C)C.CCCC(=O)O. The van der Waals surface area contributed by atoms with E-state index in [0.717, 1.165) is 6.42 Å². The molecule has 0 aliphatic rings. The lowest BCUT2D eigenvalue weighted by molar-refractivity contribution is -0.137. The van der Waals surface area contributed by atoms with Gasteiger partial charge in [0, 0.05) is 18.5 Å². The first-order chi connectivity index (χ1) is 5.90. The Kier molecular flexibility index (Phi) is 10.9. The van der Waals surface area contributed by atoms with Crippen LogP contribution < -0.4 is 5.32 Å². The summed E-state index contributed by atoms with van der Waals surface area (Å²) in [5, 5.41) is 11.2. The van der Waals surface area contributed by atoms with Crippen LogP contribution in [0.4, 0.5) is 0 Å². The molecule has 13 heavy (non-hydrogen) atoms. The zero-order valence-electron chi connectivity index (χ0n) is 9.42. The highest BCUT2D eigenvalue weighted by molar-refractivity contribution is 5.66. The molecule has 0 unspecified atom stereocenters. The van der Waals surface area contributed by atoms with Gasteiger partial charge in [0.15, 0.2) is 0 Å². The number of aliphatic carboxylic acids is 1. The molecule has 0 spiro atoms. The van der Waals surface area contributed by atoms with Gasteiger partial charge < -0.3 is 10.4 Å². The molecule has 2 N–H and O–H groups in total. The van der Waals surface area contributed by atoms with Crippen molar-refractivity contribution in [1.82, 2.24) is 5.32 Å². The predicted molar refractivity (Wildman–Crippen MR) is 56.0 cm³/mol. The third-order valence-corrected chi connectivity index (χ3v) is 1.13. The molecule has 0 heterocycles. The standard InChI is InChI=1S/C6H15N.C4H8O2/c1-5(2)7-6(3)4;1-2-3-4(5)6/h5-7H,1-4H3;2-3H2,1H3,(H,5,6). The van der Waals surface area contributed by atoms with Crippen LogP contribution in [0.3, 0.4) is 0 Å². The second-order valence-electron chi connectivity index (χ2n) is 3.62. The van der Waals surface area contributed by atoms with Gasteiger partial charge in [0.25, 0.3) is 0 Å². The lowest BCUT2D eigenvalue weighted by atomic mass is 10.3. The van der Waals surface area contributed by atoms with Crippen molar-refractivity contribution in [2.45, 2.75) is 59.5 Å². The summed E-state index contributed by atoms with van der Waals surface area (Å²) >= 11 is 0. The van der Waals surface area contributed by atoms with Crippen molar-refractivity contribution in [3.05, 3.63) is 0 Å². The van der Waals surface area contributed by atoms with Gasteiger partial charge in [-0.3, -0.25) is 4.79 Å². The molecular formula is C10H23NO2. The van der Waals surface area contributed by atoms with Gasteiger partial charge in [-0.1, -0.05) is 34.6 Å². The fraction of sp³-hybridized carbons (Fsp3) is 0.900. The molecule has 0 radical (unpaired) electrons. The average molecular weight is 189 g/mol. The van der Waals surface area contributed by atoms with E-state index in [-0.39, 0.29) is 0 Å². The molecule has 0 saturated heterocycles. The first-order valence-electron chi connectivity index (χ1n) is 4.88. The van der Waals surface area contributed by atoms with Gasteiger partial charge in [-0.25, -0.2) is 0 Å². The van der Waals surface area contributed by atoms with Crippen LogP contribution in [0.5, 0.6) is 0 Å². The molecular weight excluding hydrogens is 166 g/mol. The third-order valence-electron chi connectivity index (χ3n) is 1.13. The molecule has 0 amide bonds. The fourth-order valence-corrected chi connectivity index (χ4v) is 0.881. The number of hydrogen-bond acceptors (Lipinski definition) is 2. The number of carboxylic acid groups (broad SMARTS) is 1. The Morgan fingerprint density at radius 1 is 1.23 bits per heavy atom. The molecule has 0 saturated carbocycles. The van der Waals surface area contributed by atoms with Crippen molar-refractivity contribution in [3.63, 3.8) is 0 Å². The summed E-state index contributed by atoms with van der Waals surface area (Å²) in [7, 11) is 0. The van der Waals surface area contributed by atoms with Gasteiger partial charge in [0.05, 0.1) is 0 Å². The van der Waals surface area contributed by atoms with E-state index in [0.29, 0.717) is 18.5 Å². The minimum absolute atomic E-state index is 0.292. The van der Waals surface area contributed by atoms with Crippen molar-refractivity contribution in [3.8, 4) is 0 Å². The van der Waals surface area contributed by atoms with Gasteiger partial charge in [0.1, 0.15) is 0 Å². The van der Waals surface area contributed by atoms with Crippen LogP contribution >= 0.6 is 0 Å². The number of hydrogen-bond donors (Lipinski definition) is 2. The zero-order valence-corrected chi connectivity index (χ0v) is 9.42. The number of rotatable bonds is 4. The van der Waals surface area contributed by atoms with Crippen molar-refractivity contribution in [2.75, 3.05) is 0 Å². The predicted octanol–water partition coefficient (Wildman–Crippen LogP) is 2.26. The summed E-state index contributed by atoms with van der Waals surface area (Å²) in [6, 6.07) is 1.25. The fourth-order valence-electron chi connectivity index (χ4n) is 0.881. The Morgan fingerprint density at radius 3 is 1.62 bits per heavy atom. The maximum atomic E-state index is 9.60.